The number of aliphatic imine (C=N–C) groups is 1. The second-order valence-electron chi connectivity index (χ2n) is 8.13. The highest BCUT2D eigenvalue weighted by Gasteiger charge is 2.38. The lowest BCUT2D eigenvalue weighted by molar-refractivity contribution is -0.120. The molecule has 0 radical (unpaired) electrons. The maximum atomic E-state index is 12.3. The summed E-state index contributed by atoms with van der Waals surface area (Å²) in [6.07, 6.45) is 10.9. The van der Waals surface area contributed by atoms with Gasteiger partial charge in [0.1, 0.15) is 11.5 Å². The Labute approximate surface area is 161 Å². The van der Waals surface area contributed by atoms with Crippen LogP contribution < -0.4 is 0 Å². The molecule has 2 unspecified atom stereocenters. The van der Waals surface area contributed by atoms with E-state index >= 15 is 0 Å². The van der Waals surface area contributed by atoms with Crippen LogP contribution in [-0.4, -0.2) is 16.6 Å². The summed E-state index contributed by atoms with van der Waals surface area (Å²) in [5.41, 5.74) is 5.23. The van der Waals surface area contributed by atoms with Crippen LogP contribution in [0.25, 0.3) is 0 Å². The number of aromatic hydroxyl groups is 1. The molecule has 2 aliphatic carbocycles. The zero-order chi connectivity index (χ0) is 19.0. The Morgan fingerprint density at radius 3 is 2.63 bits per heavy atom. The second-order valence-corrected chi connectivity index (χ2v) is 8.13. The molecular formula is C24H27NO2. The molecule has 0 spiro atoms. The van der Waals surface area contributed by atoms with Crippen molar-refractivity contribution in [3.05, 3.63) is 65.4 Å². The van der Waals surface area contributed by atoms with Gasteiger partial charge in [-0.15, -0.1) is 0 Å². The van der Waals surface area contributed by atoms with Crippen LogP contribution in [0.5, 0.6) is 5.75 Å². The quantitative estimate of drug-likeness (QED) is 0.804. The van der Waals surface area contributed by atoms with E-state index in [2.05, 4.69) is 18.7 Å². The number of phenols is 1. The van der Waals surface area contributed by atoms with Gasteiger partial charge in [-0.05, 0) is 67.0 Å². The minimum absolute atomic E-state index is 0.144. The normalized spacial score (nSPS) is 26.2. The number of phenolic OH excluding ortho intramolecular Hbond substituents is 1. The minimum Gasteiger partial charge on any atom is -0.508 e. The van der Waals surface area contributed by atoms with Crippen molar-refractivity contribution in [2.75, 3.05) is 0 Å². The predicted octanol–water partition coefficient (Wildman–Crippen LogP) is 5.17. The number of carbonyl (C=O) groups excluding carboxylic acids is 1. The fourth-order valence-corrected chi connectivity index (χ4v) is 4.58. The van der Waals surface area contributed by atoms with E-state index in [0.717, 1.165) is 29.0 Å². The number of allylic oxidation sites excluding steroid dienone is 5. The fraction of sp³-hybridized carbons (Fsp3) is 0.417. The molecule has 0 amide bonds. The number of rotatable bonds is 4. The summed E-state index contributed by atoms with van der Waals surface area (Å²) in [5.74, 6) is 1.14. The number of Topliss-reactive ketones (excluding diaryl/α,β-unsaturated/α-hetero) is 1. The van der Waals surface area contributed by atoms with Crippen LogP contribution in [0, 0.1) is 17.8 Å². The Morgan fingerprint density at radius 1 is 1.22 bits per heavy atom. The summed E-state index contributed by atoms with van der Waals surface area (Å²) in [7, 11) is 0. The van der Waals surface area contributed by atoms with Crippen molar-refractivity contribution in [2.24, 2.45) is 22.7 Å². The number of benzene rings is 1. The van der Waals surface area contributed by atoms with Gasteiger partial charge in [0.05, 0.1) is 11.6 Å². The average Bonchev–Trinajstić information content (AvgIpc) is 3.28. The number of nitrogens with zero attached hydrogens (tertiary/aromatic N) is 1. The van der Waals surface area contributed by atoms with Gasteiger partial charge in [0, 0.05) is 18.1 Å². The molecule has 0 bridgehead atoms. The van der Waals surface area contributed by atoms with E-state index in [-0.39, 0.29) is 23.4 Å². The molecule has 1 aliphatic heterocycles. The first kappa shape index (κ1) is 18.0. The van der Waals surface area contributed by atoms with Gasteiger partial charge in [0.2, 0.25) is 0 Å². The lowest BCUT2D eigenvalue weighted by Gasteiger charge is -2.24. The molecule has 2 atom stereocenters. The van der Waals surface area contributed by atoms with Crippen LogP contribution in [0.15, 0.2) is 64.8 Å². The molecule has 4 rings (SSSR count). The van der Waals surface area contributed by atoms with E-state index in [1.165, 1.54) is 31.3 Å². The van der Waals surface area contributed by atoms with Crippen molar-refractivity contribution in [2.45, 2.75) is 45.4 Å². The van der Waals surface area contributed by atoms with Crippen molar-refractivity contribution in [1.82, 2.24) is 0 Å². The molecule has 3 nitrogen and oxygen atoms in total. The Bertz CT molecular complexity index is 851. The Balaban J connectivity index is 1.66. The lowest BCUT2D eigenvalue weighted by Crippen LogP contribution is -2.23. The maximum absolute atomic E-state index is 12.3. The third kappa shape index (κ3) is 3.55. The maximum Gasteiger partial charge on any atom is 0.145 e. The molecule has 27 heavy (non-hydrogen) atoms. The summed E-state index contributed by atoms with van der Waals surface area (Å²) in [5, 5.41) is 9.57. The highest BCUT2D eigenvalue weighted by atomic mass is 16.3. The molecule has 1 aromatic rings. The van der Waals surface area contributed by atoms with Crippen molar-refractivity contribution in [3.8, 4) is 5.75 Å². The summed E-state index contributed by atoms with van der Waals surface area (Å²) >= 11 is 0. The van der Waals surface area contributed by atoms with Gasteiger partial charge in [-0.25, -0.2) is 0 Å². The van der Waals surface area contributed by atoms with E-state index in [4.69, 9.17) is 4.99 Å². The molecule has 3 heteroatoms. The van der Waals surface area contributed by atoms with Crippen LogP contribution in [0.4, 0.5) is 0 Å². The molecule has 1 heterocycles. The van der Waals surface area contributed by atoms with Crippen molar-refractivity contribution >= 4 is 11.5 Å². The Hall–Kier alpha value is -2.42. The first-order valence-electron chi connectivity index (χ1n) is 10.0. The van der Waals surface area contributed by atoms with E-state index in [9.17, 15) is 9.90 Å². The molecule has 1 N–H and O–H groups in total. The third-order valence-electron chi connectivity index (χ3n) is 6.21. The van der Waals surface area contributed by atoms with Gasteiger partial charge < -0.3 is 5.11 Å². The summed E-state index contributed by atoms with van der Waals surface area (Å²) < 4.78 is 0. The predicted molar refractivity (Wildman–Crippen MR) is 109 cm³/mol. The molecule has 1 saturated carbocycles. The summed E-state index contributed by atoms with van der Waals surface area (Å²) in [6, 6.07) is 7.39. The largest absolute Gasteiger partial charge is 0.508 e. The summed E-state index contributed by atoms with van der Waals surface area (Å²) in [6.45, 7) is 6.17. The lowest BCUT2D eigenvalue weighted by atomic mass is 9.77. The SMILES string of the molecule is C=C1CC(=O)C(C)C2=C1C(Cc1ccc(O)cc1)C(C=CC1CCCC1)=N2. The first-order chi connectivity index (χ1) is 13.0. The van der Waals surface area contributed by atoms with Gasteiger partial charge >= 0.3 is 0 Å². The van der Waals surface area contributed by atoms with Gasteiger partial charge in [0.15, 0.2) is 0 Å². The Kier molecular flexibility index (Phi) is 4.86. The van der Waals surface area contributed by atoms with Crippen LogP contribution in [-0.2, 0) is 11.2 Å². The van der Waals surface area contributed by atoms with Crippen molar-refractivity contribution < 1.29 is 9.90 Å². The standard InChI is InChI=1S/C24H27NO2/c1-15-13-22(27)16(2)24-23(15)20(14-18-7-10-19(26)11-8-18)21(25-24)12-9-17-5-3-4-6-17/h7-12,16-17,20,26H,1,3-6,13-14H2,2H3. The second kappa shape index (κ2) is 7.30. The molecule has 1 aromatic carbocycles. The van der Waals surface area contributed by atoms with Crippen molar-refractivity contribution in [3.63, 3.8) is 0 Å². The van der Waals surface area contributed by atoms with Gasteiger partial charge in [-0.3, -0.25) is 9.79 Å². The van der Waals surface area contributed by atoms with E-state index < -0.39 is 0 Å². The highest BCUT2D eigenvalue weighted by Crippen LogP contribution is 2.42. The van der Waals surface area contributed by atoms with Gasteiger partial charge in [-0.2, -0.15) is 0 Å². The molecule has 0 aromatic heterocycles. The number of ketones is 1. The Morgan fingerprint density at radius 2 is 1.93 bits per heavy atom. The van der Waals surface area contributed by atoms with Gasteiger partial charge in [0.25, 0.3) is 0 Å². The first-order valence-corrected chi connectivity index (χ1v) is 10.0. The monoisotopic (exact) mass is 361 g/mol. The highest BCUT2D eigenvalue weighted by molar-refractivity contribution is 6.05. The van der Waals surface area contributed by atoms with E-state index in [0.29, 0.717) is 12.3 Å². The molecular weight excluding hydrogens is 334 g/mol. The van der Waals surface area contributed by atoms with Crippen LogP contribution in [0.1, 0.15) is 44.6 Å². The van der Waals surface area contributed by atoms with E-state index in [1.54, 1.807) is 12.1 Å². The van der Waals surface area contributed by atoms with Crippen molar-refractivity contribution in [1.29, 1.82) is 0 Å². The van der Waals surface area contributed by atoms with Crippen LogP contribution >= 0.6 is 0 Å². The summed E-state index contributed by atoms with van der Waals surface area (Å²) in [4.78, 5) is 17.2. The number of hydrogen-bond donors (Lipinski definition) is 1. The average molecular weight is 361 g/mol. The number of carbonyl (C=O) groups is 1. The molecule has 140 valence electrons. The smallest absolute Gasteiger partial charge is 0.145 e. The van der Waals surface area contributed by atoms with Crippen LogP contribution in [0.2, 0.25) is 0 Å². The molecule has 3 aliphatic rings. The third-order valence-corrected chi connectivity index (χ3v) is 6.21. The zero-order valence-electron chi connectivity index (χ0n) is 15.9. The number of hydrogen-bond acceptors (Lipinski definition) is 3. The van der Waals surface area contributed by atoms with Gasteiger partial charge in [-0.1, -0.05) is 37.6 Å². The zero-order valence-corrected chi connectivity index (χ0v) is 15.9. The molecule has 1 fully saturated rings. The molecule has 0 saturated heterocycles. The fourth-order valence-electron chi connectivity index (χ4n) is 4.58. The van der Waals surface area contributed by atoms with Crippen LogP contribution in [0.3, 0.4) is 0 Å². The topological polar surface area (TPSA) is 49.7 Å². The minimum atomic E-state index is -0.148. The van der Waals surface area contributed by atoms with E-state index in [1.807, 2.05) is 19.1 Å².